The third-order valence-corrected chi connectivity index (χ3v) is 2.75. The minimum absolute atomic E-state index is 0.168. The maximum atomic E-state index is 12.4. The van der Waals surface area contributed by atoms with E-state index in [1.807, 2.05) is 0 Å². The SMILES string of the molecule is CC(/C(N)=N/O)N(C)C(=O)c1ccc(C(F)(F)F)cn1. The van der Waals surface area contributed by atoms with E-state index in [9.17, 15) is 18.0 Å². The van der Waals surface area contributed by atoms with Crippen LogP contribution in [0.4, 0.5) is 13.2 Å². The van der Waals surface area contributed by atoms with E-state index in [4.69, 9.17) is 10.9 Å². The first kappa shape index (κ1) is 15.7. The van der Waals surface area contributed by atoms with Gasteiger partial charge < -0.3 is 15.8 Å². The van der Waals surface area contributed by atoms with Crippen molar-refractivity contribution in [2.75, 3.05) is 7.05 Å². The van der Waals surface area contributed by atoms with E-state index in [0.29, 0.717) is 6.20 Å². The van der Waals surface area contributed by atoms with Crippen LogP contribution in [0.25, 0.3) is 0 Å². The molecule has 0 aliphatic carbocycles. The van der Waals surface area contributed by atoms with E-state index in [-0.39, 0.29) is 11.5 Å². The number of alkyl halides is 3. The lowest BCUT2D eigenvalue weighted by molar-refractivity contribution is -0.137. The Morgan fingerprint density at radius 1 is 1.50 bits per heavy atom. The molecule has 1 heterocycles. The second kappa shape index (κ2) is 5.76. The van der Waals surface area contributed by atoms with Gasteiger partial charge in [-0.1, -0.05) is 5.16 Å². The summed E-state index contributed by atoms with van der Waals surface area (Å²) in [6.07, 6.45) is -3.93. The minimum Gasteiger partial charge on any atom is -0.409 e. The number of aromatic nitrogens is 1. The lowest BCUT2D eigenvalue weighted by atomic mass is 10.2. The molecule has 0 spiro atoms. The Morgan fingerprint density at radius 2 is 2.10 bits per heavy atom. The monoisotopic (exact) mass is 290 g/mol. The topological polar surface area (TPSA) is 91.8 Å². The van der Waals surface area contributed by atoms with Crippen molar-refractivity contribution in [1.82, 2.24) is 9.88 Å². The van der Waals surface area contributed by atoms with E-state index in [2.05, 4.69) is 10.1 Å². The largest absolute Gasteiger partial charge is 0.417 e. The van der Waals surface area contributed by atoms with Crippen molar-refractivity contribution in [2.24, 2.45) is 10.9 Å². The maximum Gasteiger partial charge on any atom is 0.417 e. The van der Waals surface area contributed by atoms with Gasteiger partial charge in [-0.25, -0.2) is 0 Å². The van der Waals surface area contributed by atoms with Gasteiger partial charge in [0.15, 0.2) is 5.84 Å². The van der Waals surface area contributed by atoms with E-state index >= 15 is 0 Å². The Hall–Kier alpha value is -2.32. The molecule has 1 aromatic heterocycles. The zero-order valence-electron chi connectivity index (χ0n) is 10.7. The molecule has 0 aliphatic heterocycles. The second-order valence-electron chi connectivity index (χ2n) is 4.05. The number of nitrogens with zero attached hydrogens (tertiary/aromatic N) is 3. The summed E-state index contributed by atoms with van der Waals surface area (Å²) in [5, 5.41) is 11.3. The maximum absolute atomic E-state index is 12.4. The van der Waals surface area contributed by atoms with Gasteiger partial charge >= 0.3 is 6.18 Å². The molecule has 20 heavy (non-hydrogen) atoms. The van der Waals surface area contributed by atoms with Gasteiger partial charge in [0.2, 0.25) is 0 Å². The Labute approximate surface area is 112 Å². The average Bonchev–Trinajstić information content (AvgIpc) is 2.43. The summed E-state index contributed by atoms with van der Waals surface area (Å²) in [5.74, 6) is -0.842. The van der Waals surface area contributed by atoms with Crippen LogP contribution in [-0.4, -0.2) is 39.9 Å². The van der Waals surface area contributed by atoms with Crippen LogP contribution < -0.4 is 5.73 Å². The van der Waals surface area contributed by atoms with E-state index in [1.54, 1.807) is 0 Å². The number of oxime groups is 1. The Balaban J connectivity index is 2.93. The highest BCUT2D eigenvalue weighted by atomic mass is 19.4. The van der Waals surface area contributed by atoms with Crippen LogP contribution in [0, 0.1) is 0 Å². The highest BCUT2D eigenvalue weighted by Gasteiger charge is 2.31. The van der Waals surface area contributed by atoms with Crippen molar-refractivity contribution in [1.29, 1.82) is 0 Å². The average molecular weight is 290 g/mol. The summed E-state index contributed by atoms with van der Waals surface area (Å²) in [5.41, 5.74) is 4.24. The number of likely N-dealkylation sites (N-methyl/N-ethyl adjacent to an activating group) is 1. The van der Waals surface area contributed by atoms with Crippen molar-refractivity contribution in [2.45, 2.75) is 19.1 Å². The first-order chi connectivity index (χ1) is 9.18. The molecule has 1 aromatic rings. The van der Waals surface area contributed by atoms with E-state index in [0.717, 1.165) is 17.0 Å². The van der Waals surface area contributed by atoms with Gasteiger partial charge in [-0.05, 0) is 19.1 Å². The molecule has 0 radical (unpaired) electrons. The second-order valence-corrected chi connectivity index (χ2v) is 4.05. The molecule has 1 amide bonds. The van der Waals surface area contributed by atoms with Crippen molar-refractivity contribution >= 4 is 11.7 Å². The standard InChI is InChI=1S/C11H13F3N4O2/c1-6(9(15)17-20)18(2)10(19)8-4-3-7(5-16-8)11(12,13)14/h3-6,20H,1-2H3,(H2,15,17). The number of pyridine rings is 1. The highest BCUT2D eigenvalue weighted by Crippen LogP contribution is 2.28. The molecule has 9 heteroatoms. The van der Waals surface area contributed by atoms with Crippen molar-refractivity contribution in [3.8, 4) is 0 Å². The molecule has 1 atom stereocenters. The van der Waals surface area contributed by atoms with E-state index in [1.165, 1.54) is 14.0 Å². The van der Waals surface area contributed by atoms with E-state index < -0.39 is 23.7 Å². The predicted molar refractivity (Wildman–Crippen MR) is 64.2 cm³/mol. The fraction of sp³-hybridized carbons (Fsp3) is 0.364. The fourth-order valence-corrected chi connectivity index (χ4v) is 1.33. The van der Waals surface area contributed by atoms with Crippen LogP contribution in [0.15, 0.2) is 23.5 Å². The first-order valence-corrected chi connectivity index (χ1v) is 5.46. The van der Waals surface area contributed by atoms with Gasteiger partial charge in [-0.3, -0.25) is 9.78 Å². The number of amidine groups is 1. The molecule has 0 fully saturated rings. The summed E-state index contributed by atoms with van der Waals surface area (Å²) < 4.78 is 37.1. The van der Waals surface area contributed by atoms with Crippen LogP contribution in [-0.2, 0) is 6.18 Å². The molecule has 6 nitrogen and oxygen atoms in total. The number of nitrogens with two attached hydrogens (primary N) is 1. The molecular weight excluding hydrogens is 277 g/mol. The minimum atomic E-state index is -4.51. The molecule has 0 aromatic carbocycles. The highest BCUT2D eigenvalue weighted by molar-refractivity contribution is 5.96. The smallest absolute Gasteiger partial charge is 0.409 e. The molecule has 1 rings (SSSR count). The Bertz CT molecular complexity index is 513. The van der Waals surface area contributed by atoms with Gasteiger partial charge in [0.25, 0.3) is 5.91 Å². The van der Waals surface area contributed by atoms with Crippen LogP contribution in [0.3, 0.4) is 0 Å². The normalized spacial score (nSPS) is 13.9. The van der Waals surface area contributed by atoms with Gasteiger partial charge in [-0.15, -0.1) is 0 Å². The number of carbonyl (C=O) groups is 1. The Morgan fingerprint density at radius 3 is 2.50 bits per heavy atom. The predicted octanol–water partition coefficient (Wildman–Crippen LogP) is 1.31. The van der Waals surface area contributed by atoms with Crippen molar-refractivity contribution in [3.05, 3.63) is 29.6 Å². The summed E-state index contributed by atoms with van der Waals surface area (Å²) in [4.78, 5) is 16.5. The van der Waals surface area contributed by atoms with Crippen LogP contribution >= 0.6 is 0 Å². The van der Waals surface area contributed by atoms with Gasteiger partial charge in [0.05, 0.1) is 11.6 Å². The van der Waals surface area contributed by atoms with Crippen LogP contribution in [0.5, 0.6) is 0 Å². The first-order valence-electron chi connectivity index (χ1n) is 5.46. The number of hydrogen-bond donors (Lipinski definition) is 2. The van der Waals surface area contributed by atoms with Crippen molar-refractivity contribution < 1.29 is 23.2 Å². The lowest BCUT2D eigenvalue weighted by Crippen LogP contribution is -2.44. The van der Waals surface area contributed by atoms with Crippen LogP contribution in [0.2, 0.25) is 0 Å². The van der Waals surface area contributed by atoms with Crippen LogP contribution in [0.1, 0.15) is 23.0 Å². The quantitative estimate of drug-likeness (QED) is 0.380. The summed E-state index contributed by atoms with van der Waals surface area (Å²) in [6, 6.07) is 1.01. The molecule has 0 saturated heterocycles. The number of hydrogen-bond acceptors (Lipinski definition) is 4. The molecule has 0 aliphatic rings. The molecule has 0 saturated carbocycles. The summed E-state index contributed by atoms with van der Waals surface area (Å²) in [7, 11) is 1.37. The zero-order chi connectivity index (χ0) is 15.5. The molecular formula is C11H13F3N4O2. The number of carbonyl (C=O) groups excluding carboxylic acids is 1. The van der Waals surface area contributed by atoms with Crippen molar-refractivity contribution in [3.63, 3.8) is 0 Å². The summed E-state index contributed by atoms with van der Waals surface area (Å²) >= 11 is 0. The lowest BCUT2D eigenvalue weighted by Gasteiger charge is -2.23. The molecule has 110 valence electrons. The molecule has 0 bridgehead atoms. The van der Waals surface area contributed by atoms with Gasteiger partial charge in [0, 0.05) is 13.2 Å². The fourth-order valence-electron chi connectivity index (χ4n) is 1.33. The number of rotatable bonds is 3. The third kappa shape index (κ3) is 3.37. The zero-order valence-corrected chi connectivity index (χ0v) is 10.7. The number of halogens is 3. The third-order valence-electron chi connectivity index (χ3n) is 2.75. The molecule has 3 N–H and O–H groups in total. The van der Waals surface area contributed by atoms with Gasteiger partial charge in [-0.2, -0.15) is 13.2 Å². The Kier molecular flexibility index (Phi) is 4.53. The summed E-state index contributed by atoms with van der Waals surface area (Å²) in [6.45, 7) is 1.50. The van der Waals surface area contributed by atoms with Gasteiger partial charge in [0.1, 0.15) is 5.69 Å². The molecule has 1 unspecified atom stereocenters. The number of amides is 1.